The summed E-state index contributed by atoms with van der Waals surface area (Å²) in [5.74, 6) is 0.976. The molecule has 2 aliphatic rings. The predicted molar refractivity (Wildman–Crippen MR) is 121 cm³/mol. The lowest BCUT2D eigenvalue weighted by molar-refractivity contribution is 0.0600. The minimum atomic E-state index is -0.409. The molecular formula is C26H22N2O5. The molecule has 0 spiro atoms. The topological polar surface area (TPSA) is 78.0 Å². The number of nitrogens with zero attached hydrogens (tertiary/aromatic N) is 2. The summed E-state index contributed by atoms with van der Waals surface area (Å²) in [5.41, 5.74) is 4.61. The molecule has 7 nitrogen and oxygen atoms in total. The summed E-state index contributed by atoms with van der Waals surface area (Å²) in [6.07, 6.45) is 5.27. The van der Waals surface area contributed by atoms with Crippen molar-refractivity contribution in [2.24, 2.45) is 0 Å². The van der Waals surface area contributed by atoms with E-state index in [2.05, 4.69) is 9.88 Å². The Balaban J connectivity index is 1.39. The van der Waals surface area contributed by atoms with Crippen LogP contribution in [0.25, 0.3) is 6.08 Å². The molecule has 0 unspecified atom stereocenters. The summed E-state index contributed by atoms with van der Waals surface area (Å²) < 4.78 is 16.7. The first kappa shape index (κ1) is 20.9. The molecule has 0 saturated heterocycles. The molecule has 0 saturated carbocycles. The molecule has 166 valence electrons. The second-order valence-electron chi connectivity index (χ2n) is 8.04. The van der Waals surface area contributed by atoms with Crippen LogP contribution in [0, 0.1) is 6.92 Å². The lowest BCUT2D eigenvalue weighted by atomic mass is 10.00. The van der Waals surface area contributed by atoms with Crippen molar-refractivity contribution < 1.29 is 23.8 Å². The number of aromatic nitrogens is 1. The van der Waals surface area contributed by atoms with Gasteiger partial charge in [0.25, 0.3) is 0 Å². The van der Waals surface area contributed by atoms with E-state index in [0.29, 0.717) is 36.7 Å². The second-order valence-corrected chi connectivity index (χ2v) is 8.04. The number of pyridine rings is 1. The summed E-state index contributed by atoms with van der Waals surface area (Å²) in [6, 6.07) is 12.6. The highest BCUT2D eigenvalue weighted by atomic mass is 16.5. The van der Waals surface area contributed by atoms with Gasteiger partial charge in [0.15, 0.2) is 5.76 Å². The Morgan fingerprint density at radius 1 is 1.21 bits per heavy atom. The molecule has 0 bridgehead atoms. The molecule has 33 heavy (non-hydrogen) atoms. The normalized spacial score (nSPS) is 16.1. The van der Waals surface area contributed by atoms with E-state index in [-0.39, 0.29) is 11.5 Å². The number of carbonyl (C=O) groups excluding carboxylic acids is 2. The number of benzene rings is 2. The maximum atomic E-state index is 13.1. The fraction of sp³-hybridized carbons (Fsp3) is 0.192. The maximum absolute atomic E-state index is 13.1. The largest absolute Gasteiger partial charge is 0.477 e. The number of hydrogen-bond acceptors (Lipinski definition) is 7. The molecule has 0 atom stereocenters. The van der Waals surface area contributed by atoms with Gasteiger partial charge in [-0.1, -0.05) is 18.2 Å². The summed E-state index contributed by atoms with van der Waals surface area (Å²) in [7, 11) is 1.34. The molecule has 0 fully saturated rings. The molecule has 0 radical (unpaired) electrons. The third-order valence-corrected chi connectivity index (χ3v) is 5.76. The van der Waals surface area contributed by atoms with Crippen LogP contribution in [0.1, 0.15) is 43.0 Å². The molecule has 0 aliphatic carbocycles. The van der Waals surface area contributed by atoms with E-state index in [1.807, 2.05) is 31.3 Å². The van der Waals surface area contributed by atoms with Crippen molar-refractivity contribution in [1.82, 2.24) is 9.88 Å². The average Bonchev–Trinajstić information content (AvgIpc) is 3.15. The van der Waals surface area contributed by atoms with Gasteiger partial charge in [-0.25, -0.2) is 4.79 Å². The Kier molecular flexibility index (Phi) is 5.40. The average molecular weight is 442 g/mol. The van der Waals surface area contributed by atoms with E-state index in [1.54, 1.807) is 36.5 Å². The van der Waals surface area contributed by atoms with Crippen LogP contribution in [0.4, 0.5) is 0 Å². The number of Topliss-reactive ketones (excluding diaryl/α,β-unsaturated/α-hetero) is 1. The van der Waals surface area contributed by atoms with Gasteiger partial charge in [0.05, 0.1) is 18.2 Å². The van der Waals surface area contributed by atoms with Crippen molar-refractivity contribution in [3.63, 3.8) is 0 Å². The summed E-state index contributed by atoms with van der Waals surface area (Å²) in [4.78, 5) is 31.1. The number of carbonyl (C=O) groups is 2. The minimum absolute atomic E-state index is 0.169. The fourth-order valence-electron chi connectivity index (χ4n) is 4.13. The molecular weight excluding hydrogens is 420 g/mol. The molecule has 3 aromatic rings. The monoisotopic (exact) mass is 442 g/mol. The standard InChI is InChI=1S/C26H22N2O5/c1-16-24-20(14-28(15-32-24)13-18-4-3-9-27-12-18)11-21-23(29)22(33-25(16)21)10-17-5-7-19(8-6-17)26(30)31-2/h3-12H,13-15H2,1-2H3/b22-10-. The van der Waals surface area contributed by atoms with Gasteiger partial charge in [0.2, 0.25) is 5.78 Å². The number of methoxy groups -OCH3 is 1. The molecule has 2 aromatic carbocycles. The van der Waals surface area contributed by atoms with E-state index in [4.69, 9.17) is 14.2 Å². The van der Waals surface area contributed by atoms with Crippen molar-refractivity contribution >= 4 is 17.8 Å². The van der Waals surface area contributed by atoms with E-state index in [1.165, 1.54) is 7.11 Å². The summed E-state index contributed by atoms with van der Waals surface area (Å²) >= 11 is 0. The van der Waals surface area contributed by atoms with Crippen molar-refractivity contribution in [3.05, 3.63) is 94.0 Å². The van der Waals surface area contributed by atoms with E-state index < -0.39 is 5.97 Å². The SMILES string of the molecule is COC(=O)c1ccc(/C=C2\Oc3c(cc4c(c3C)OCN(Cc3cccnc3)C4)C2=O)cc1. The first-order chi connectivity index (χ1) is 16.0. The van der Waals surface area contributed by atoms with E-state index in [0.717, 1.165) is 28.0 Å². The molecule has 7 heteroatoms. The summed E-state index contributed by atoms with van der Waals surface area (Å²) in [5, 5.41) is 0. The molecule has 0 amide bonds. The van der Waals surface area contributed by atoms with Gasteiger partial charge < -0.3 is 14.2 Å². The molecule has 3 heterocycles. The highest BCUT2D eigenvalue weighted by molar-refractivity contribution is 6.15. The third-order valence-electron chi connectivity index (χ3n) is 5.76. The van der Waals surface area contributed by atoms with Crippen LogP contribution >= 0.6 is 0 Å². The number of ether oxygens (including phenoxy) is 3. The Hall–Kier alpha value is -3.97. The van der Waals surface area contributed by atoms with Crippen LogP contribution in [0.2, 0.25) is 0 Å². The van der Waals surface area contributed by atoms with Crippen molar-refractivity contribution in [3.8, 4) is 11.5 Å². The van der Waals surface area contributed by atoms with Gasteiger partial charge in [-0.2, -0.15) is 0 Å². The van der Waals surface area contributed by atoms with E-state index in [9.17, 15) is 9.59 Å². The maximum Gasteiger partial charge on any atom is 0.337 e. The fourth-order valence-corrected chi connectivity index (χ4v) is 4.13. The van der Waals surface area contributed by atoms with Gasteiger partial charge in [-0.15, -0.1) is 0 Å². The number of ketones is 1. The second kappa shape index (κ2) is 8.52. The lowest BCUT2D eigenvalue weighted by Gasteiger charge is -2.30. The van der Waals surface area contributed by atoms with Crippen LogP contribution in [0.5, 0.6) is 11.5 Å². The van der Waals surface area contributed by atoms with E-state index >= 15 is 0 Å². The Morgan fingerprint density at radius 3 is 2.76 bits per heavy atom. The van der Waals surface area contributed by atoms with Crippen LogP contribution in [0.3, 0.4) is 0 Å². The number of allylic oxidation sites excluding steroid dienone is 1. The number of esters is 1. The highest BCUT2D eigenvalue weighted by Crippen LogP contribution is 2.43. The van der Waals surface area contributed by atoms with Crippen LogP contribution in [-0.4, -0.2) is 35.5 Å². The van der Waals surface area contributed by atoms with Crippen molar-refractivity contribution in [2.45, 2.75) is 20.0 Å². The minimum Gasteiger partial charge on any atom is -0.477 e. The van der Waals surface area contributed by atoms with Gasteiger partial charge in [-0.05, 0) is 48.4 Å². The number of fused-ring (bicyclic) bond motifs is 2. The van der Waals surface area contributed by atoms with Gasteiger partial charge in [-0.3, -0.25) is 14.7 Å². The molecule has 0 N–H and O–H groups in total. The van der Waals surface area contributed by atoms with Crippen molar-refractivity contribution in [1.29, 1.82) is 0 Å². The zero-order chi connectivity index (χ0) is 22.9. The molecule has 5 rings (SSSR count). The smallest absolute Gasteiger partial charge is 0.337 e. The third kappa shape index (κ3) is 3.99. The number of hydrogen-bond donors (Lipinski definition) is 0. The van der Waals surface area contributed by atoms with Gasteiger partial charge in [0, 0.05) is 36.6 Å². The van der Waals surface area contributed by atoms with Crippen LogP contribution < -0.4 is 9.47 Å². The Bertz CT molecular complexity index is 1270. The lowest BCUT2D eigenvalue weighted by Crippen LogP contribution is -2.32. The van der Waals surface area contributed by atoms with Gasteiger partial charge >= 0.3 is 5.97 Å². The predicted octanol–water partition coefficient (Wildman–Crippen LogP) is 4.14. The Labute approximate surface area is 191 Å². The highest BCUT2D eigenvalue weighted by Gasteiger charge is 2.33. The van der Waals surface area contributed by atoms with Gasteiger partial charge in [0.1, 0.15) is 18.2 Å². The van der Waals surface area contributed by atoms with Crippen LogP contribution in [-0.2, 0) is 17.8 Å². The number of rotatable bonds is 4. The zero-order valence-corrected chi connectivity index (χ0v) is 18.3. The first-order valence-corrected chi connectivity index (χ1v) is 10.6. The van der Waals surface area contributed by atoms with Crippen molar-refractivity contribution in [2.75, 3.05) is 13.8 Å². The molecule has 1 aromatic heterocycles. The summed E-state index contributed by atoms with van der Waals surface area (Å²) in [6.45, 7) is 3.74. The Morgan fingerprint density at radius 2 is 2.03 bits per heavy atom. The van der Waals surface area contributed by atoms with Crippen LogP contribution in [0.15, 0.2) is 60.6 Å². The first-order valence-electron chi connectivity index (χ1n) is 10.6. The molecule has 2 aliphatic heterocycles. The quantitative estimate of drug-likeness (QED) is 0.444. The zero-order valence-electron chi connectivity index (χ0n) is 18.3.